The smallest absolute Gasteiger partial charge is 0.312 e. The molecule has 0 aromatic rings. The lowest BCUT2D eigenvalue weighted by atomic mass is 10.3. The van der Waals surface area contributed by atoms with Crippen LogP contribution in [0.2, 0.25) is 0 Å². The summed E-state index contributed by atoms with van der Waals surface area (Å²) in [5.74, 6) is 0.0697. The summed E-state index contributed by atoms with van der Waals surface area (Å²) < 4.78 is 0. The lowest BCUT2D eigenvalue weighted by Crippen LogP contribution is -2.47. The van der Waals surface area contributed by atoms with Gasteiger partial charge in [-0.05, 0) is 0 Å². The van der Waals surface area contributed by atoms with Gasteiger partial charge in [0.25, 0.3) is 0 Å². The molecule has 6 heteroatoms. The summed E-state index contributed by atoms with van der Waals surface area (Å²) in [6, 6.07) is -0.585. The summed E-state index contributed by atoms with van der Waals surface area (Å²) in [5.41, 5.74) is 4.87. The minimum absolute atomic E-state index is 0.0697. The molecule has 0 saturated carbocycles. The Kier molecular flexibility index (Phi) is 4.18. The van der Waals surface area contributed by atoms with E-state index in [0.29, 0.717) is 13.0 Å². The second kappa shape index (κ2) is 5.43. The van der Waals surface area contributed by atoms with Gasteiger partial charge in [0.1, 0.15) is 0 Å². The standard InChI is InChI=1S/C8H16N4O2/c9-8(14)11-2-1-7(13)12-5-3-10-4-6-12/h10H,1-6H2,(H3,9,11,14). The summed E-state index contributed by atoms with van der Waals surface area (Å²) in [7, 11) is 0. The van der Waals surface area contributed by atoms with Gasteiger partial charge in [0.15, 0.2) is 0 Å². The average Bonchev–Trinajstić information content (AvgIpc) is 2.18. The van der Waals surface area contributed by atoms with Crippen molar-refractivity contribution in [1.29, 1.82) is 0 Å². The van der Waals surface area contributed by atoms with Gasteiger partial charge in [0, 0.05) is 39.1 Å². The van der Waals surface area contributed by atoms with Crippen LogP contribution in [0.5, 0.6) is 0 Å². The molecule has 0 aromatic carbocycles. The highest BCUT2D eigenvalue weighted by Crippen LogP contribution is 1.95. The van der Waals surface area contributed by atoms with Crippen molar-refractivity contribution in [2.45, 2.75) is 6.42 Å². The van der Waals surface area contributed by atoms with Crippen molar-refractivity contribution in [3.63, 3.8) is 0 Å². The Morgan fingerprint density at radius 1 is 1.36 bits per heavy atom. The highest BCUT2D eigenvalue weighted by molar-refractivity contribution is 5.77. The number of carbonyl (C=O) groups is 2. The minimum atomic E-state index is -0.585. The van der Waals surface area contributed by atoms with Gasteiger partial charge < -0.3 is 21.3 Å². The first-order valence-electron chi connectivity index (χ1n) is 4.72. The molecule has 0 atom stereocenters. The van der Waals surface area contributed by atoms with Crippen LogP contribution in [0.3, 0.4) is 0 Å². The van der Waals surface area contributed by atoms with Crippen molar-refractivity contribution in [3.05, 3.63) is 0 Å². The topological polar surface area (TPSA) is 87.5 Å². The van der Waals surface area contributed by atoms with Crippen LogP contribution in [-0.4, -0.2) is 49.6 Å². The summed E-state index contributed by atoms with van der Waals surface area (Å²) in [6.45, 7) is 3.49. The van der Waals surface area contributed by atoms with Crippen molar-refractivity contribution >= 4 is 11.9 Å². The van der Waals surface area contributed by atoms with Crippen molar-refractivity contribution in [2.75, 3.05) is 32.7 Å². The number of amides is 3. The molecule has 6 nitrogen and oxygen atoms in total. The van der Waals surface area contributed by atoms with Crippen molar-refractivity contribution in [2.24, 2.45) is 5.73 Å². The normalized spacial score (nSPS) is 16.4. The van der Waals surface area contributed by atoms with Gasteiger partial charge in [-0.25, -0.2) is 4.79 Å². The molecule has 0 unspecified atom stereocenters. The quantitative estimate of drug-likeness (QED) is 0.517. The molecule has 1 saturated heterocycles. The molecule has 0 aliphatic carbocycles. The van der Waals surface area contributed by atoms with E-state index in [1.807, 2.05) is 0 Å². The summed E-state index contributed by atoms with van der Waals surface area (Å²) in [5, 5.41) is 5.55. The van der Waals surface area contributed by atoms with Crippen molar-refractivity contribution < 1.29 is 9.59 Å². The summed E-state index contributed by atoms with van der Waals surface area (Å²) >= 11 is 0. The van der Waals surface area contributed by atoms with Gasteiger partial charge in [-0.15, -0.1) is 0 Å². The predicted molar refractivity (Wildman–Crippen MR) is 51.7 cm³/mol. The Morgan fingerprint density at radius 2 is 2.00 bits per heavy atom. The fourth-order valence-electron chi connectivity index (χ4n) is 1.36. The monoisotopic (exact) mass is 200 g/mol. The molecule has 0 spiro atoms. The minimum Gasteiger partial charge on any atom is -0.352 e. The van der Waals surface area contributed by atoms with E-state index in [-0.39, 0.29) is 5.91 Å². The highest BCUT2D eigenvalue weighted by atomic mass is 16.2. The number of nitrogens with two attached hydrogens (primary N) is 1. The zero-order chi connectivity index (χ0) is 10.4. The Balaban J connectivity index is 2.16. The van der Waals surface area contributed by atoms with Gasteiger partial charge >= 0.3 is 6.03 Å². The molecule has 3 amide bonds. The zero-order valence-electron chi connectivity index (χ0n) is 8.08. The highest BCUT2D eigenvalue weighted by Gasteiger charge is 2.15. The third-order valence-corrected chi connectivity index (χ3v) is 2.11. The van der Waals surface area contributed by atoms with Gasteiger partial charge in [0.05, 0.1) is 0 Å². The third kappa shape index (κ3) is 3.61. The number of piperazine rings is 1. The Bertz CT molecular complexity index is 213. The van der Waals surface area contributed by atoms with Crippen LogP contribution >= 0.6 is 0 Å². The molecule has 0 bridgehead atoms. The first-order chi connectivity index (χ1) is 6.70. The van der Waals surface area contributed by atoms with E-state index < -0.39 is 6.03 Å². The van der Waals surface area contributed by atoms with E-state index in [2.05, 4.69) is 10.6 Å². The van der Waals surface area contributed by atoms with Gasteiger partial charge in [-0.2, -0.15) is 0 Å². The van der Waals surface area contributed by atoms with Crippen LogP contribution in [0.15, 0.2) is 0 Å². The number of urea groups is 1. The van der Waals surface area contributed by atoms with E-state index in [1.54, 1.807) is 4.90 Å². The molecule has 1 aliphatic rings. The molecular formula is C8H16N4O2. The molecule has 14 heavy (non-hydrogen) atoms. The molecule has 80 valence electrons. The summed E-state index contributed by atoms with van der Waals surface area (Å²) in [6.07, 6.45) is 0.322. The van der Waals surface area contributed by atoms with E-state index in [0.717, 1.165) is 26.2 Å². The molecule has 0 aromatic heterocycles. The zero-order valence-corrected chi connectivity index (χ0v) is 8.08. The van der Waals surface area contributed by atoms with Crippen LogP contribution in [0.1, 0.15) is 6.42 Å². The van der Waals surface area contributed by atoms with Crippen LogP contribution in [0, 0.1) is 0 Å². The Morgan fingerprint density at radius 3 is 2.57 bits per heavy atom. The number of primary amides is 1. The number of rotatable bonds is 3. The number of hydrogen-bond acceptors (Lipinski definition) is 3. The van der Waals surface area contributed by atoms with Crippen LogP contribution in [0.25, 0.3) is 0 Å². The van der Waals surface area contributed by atoms with Gasteiger partial charge in [-0.1, -0.05) is 0 Å². The largest absolute Gasteiger partial charge is 0.352 e. The summed E-state index contributed by atoms with van der Waals surface area (Å²) in [4.78, 5) is 23.6. The maximum atomic E-state index is 11.5. The van der Waals surface area contributed by atoms with Crippen molar-refractivity contribution in [3.8, 4) is 0 Å². The number of nitrogens with zero attached hydrogens (tertiary/aromatic N) is 1. The van der Waals surface area contributed by atoms with E-state index in [9.17, 15) is 9.59 Å². The fraction of sp³-hybridized carbons (Fsp3) is 0.750. The predicted octanol–water partition coefficient (Wildman–Crippen LogP) is -1.52. The lowest BCUT2D eigenvalue weighted by molar-refractivity contribution is -0.131. The van der Waals surface area contributed by atoms with Crippen molar-refractivity contribution in [1.82, 2.24) is 15.5 Å². The van der Waals surface area contributed by atoms with E-state index >= 15 is 0 Å². The first-order valence-corrected chi connectivity index (χ1v) is 4.72. The van der Waals surface area contributed by atoms with Crippen LogP contribution < -0.4 is 16.4 Å². The Labute approximate surface area is 82.8 Å². The van der Waals surface area contributed by atoms with E-state index in [1.165, 1.54) is 0 Å². The van der Waals surface area contributed by atoms with Gasteiger partial charge in [0.2, 0.25) is 5.91 Å². The first kappa shape index (κ1) is 10.8. The molecule has 4 N–H and O–H groups in total. The maximum Gasteiger partial charge on any atom is 0.312 e. The lowest BCUT2D eigenvalue weighted by Gasteiger charge is -2.27. The molecule has 1 fully saturated rings. The second-order valence-electron chi connectivity index (χ2n) is 3.17. The average molecular weight is 200 g/mol. The number of hydrogen-bond donors (Lipinski definition) is 3. The molecule has 1 heterocycles. The van der Waals surface area contributed by atoms with Crippen LogP contribution in [-0.2, 0) is 4.79 Å². The third-order valence-electron chi connectivity index (χ3n) is 2.11. The maximum absolute atomic E-state index is 11.5. The molecule has 1 aliphatic heterocycles. The fourth-order valence-corrected chi connectivity index (χ4v) is 1.36. The Hall–Kier alpha value is -1.30. The van der Waals surface area contributed by atoms with Crippen LogP contribution in [0.4, 0.5) is 4.79 Å². The van der Waals surface area contributed by atoms with E-state index in [4.69, 9.17) is 5.73 Å². The van der Waals surface area contributed by atoms with Gasteiger partial charge in [-0.3, -0.25) is 4.79 Å². The SMILES string of the molecule is NC(=O)NCCC(=O)N1CCNCC1. The second-order valence-corrected chi connectivity index (χ2v) is 3.17. The number of carbonyl (C=O) groups excluding carboxylic acids is 2. The number of nitrogens with one attached hydrogen (secondary N) is 2. The molecular weight excluding hydrogens is 184 g/mol. The molecule has 1 rings (SSSR count). The molecule has 0 radical (unpaired) electrons.